The van der Waals surface area contributed by atoms with Crippen LogP contribution in [0.25, 0.3) is 0 Å². The molecule has 0 bridgehead atoms. The van der Waals surface area contributed by atoms with Crippen molar-refractivity contribution in [1.29, 1.82) is 0 Å². The van der Waals surface area contributed by atoms with Gasteiger partial charge in [0.1, 0.15) is 0 Å². The van der Waals surface area contributed by atoms with E-state index in [0.717, 1.165) is 11.4 Å². The third kappa shape index (κ3) is 2.33. The number of para-hydroxylation sites is 2. The minimum absolute atomic E-state index is 0.239. The van der Waals surface area contributed by atoms with Gasteiger partial charge in [-0.05, 0) is 48.9 Å². The fourth-order valence-electron chi connectivity index (χ4n) is 4.07. The van der Waals surface area contributed by atoms with Gasteiger partial charge < -0.3 is 0 Å². The van der Waals surface area contributed by atoms with Crippen LogP contribution in [0.5, 0.6) is 0 Å². The molecule has 0 spiro atoms. The van der Waals surface area contributed by atoms with E-state index in [4.69, 9.17) is 0 Å². The molecule has 2 nitrogen and oxygen atoms in total. The van der Waals surface area contributed by atoms with Gasteiger partial charge in [0.25, 0.3) is 0 Å². The van der Waals surface area contributed by atoms with Gasteiger partial charge in [0.2, 0.25) is 5.91 Å². The largest absolute Gasteiger partial charge is 0.281 e. The number of anilines is 2. The highest BCUT2D eigenvalue weighted by molar-refractivity contribution is 6.03. The molecule has 3 atom stereocenters. The molecular weight excluding hydrogens is 270 g/mol. The minimum atomic E-state index is 0.239. The molecule has 0 radical (unpaired) electrons. The number of benzene rings is 2. The van der Waals surface area contributed by atoms with E-state index in [1.165, 1.54) is 25.7 Å². The molecule has 1 amide bonds. The summed E-state index contributed by atoms with van der Waals surface area (Å²) in [6, 6.07) is 20.1. The number of nitrogens with zero attached hydrogens (tertiary/aromatic N) is 1. The predicted octanol–water partition coefficient (Wildman–Crippen LogP) is 4.79. The summed E-state index contributed by atoms with van der Waals surface area (Å²) in [7, 11) is 0. The second-order valence-corrected chi connectivity index (χ2v) is 6.48. The smallest absolute Gasteiger partial charge is 0.235 e. The van der Waals surface area contributed by atoms with Crippen molar-refractivity contribution in [3.05, 3.63) is 60.7 Å². The molecule has 2 aromatic rings. The third-order valence-electron chi connectivity index (χ3n) is 5.19. The van der Waals surface area contributed by atoms with Crippen molar-refractivity contribution in [2.45, 2.75) is 25.7 Å². The zero-order valence-electron chi connectivity index (χ0n) is 12.7. The van der Waals surface area contributed by atoms with E-state index in [9.17, 15) is 4.79 Å². The maximum atomic E-state index is 13.2. The lowest BCUT2D eigenvalue weighted by Gasteiger charge is -2.23. The van der Waals surface area contributed by atoms with Gasteiger partial charge in [0.15, 0.2) is 0 Å². The van der Waals surface area contributed by atoms with Gasteiger partial charge in [-0.15, -0.1) is 0 Å². The van der Waals surface area contributed by atoms with Crippen LogP contribution in [-0.4, -0.2) is 5.91 Å². The van der Waals surface area contributed by atoms with Gasteiger partial charge in [0.05, 0.1) is 0 Å². The number of hydrogen-bond donors (Lipinski definition) is 0. The number of rotatable bonds is 3. The lowest BCUT2D eigenvalue weighted by molar-refractivity contribution is -0.119. The van der Waals surface area contributed by atoms with Crippen LogP contribution in [0.15, 0.2) is 60.7 Å². The van der Waals surface area contributed by atoms with E-state index in [1.807, 2.05) is 65.6 Å². The van der Waals surface area contributed by atoms with Gasteiger partial charge in [-0.2, -0.15) is 0 Å². The third-order valence-corrected chi connectivity index (χ3v) is 5.19. The Morgan fingerprint density at radius 2 is 1.23 bits per heavy atom. The van der Waals surface area contributed by atoms with Crippen molar-refractivity contribution < 1.29 is 4.79 Å². The Balaban J connectivity index is 1.67. The van der Waals surface area contributed by atoms with E-state index in [2.05, 4.69) is 0 Å². The summed E-state index contributed by atoms with van der Waals surface area (Å²) in [5, 5.41) is 0. The summed E-state index contributed by atoms with van der Waals surface area (Å²) in [4.78, 5) is 15.1. The van der Waals surface area contributed by atoms with E-state index in [0.29, 0.717) is 11.8 Å². The molecule has 2 aliphatic carbocycles. The van der Waals surface area contributed by atoms with E-state index in [1.54, 1.807) is 0 Å². The highest BCUT2D eigenvalue weighted by Gasteiger charge is 2.56. The Morgan fingerprint density at radius 3 is 1.68 bits per heavy atom. The predicted molar refractivity (Wildman–Crippen MR) is 89.0 cm³/mol. The number of hydrogen-bond acceptors (Lipinski definition) is 1. The Kier molecular flexibility index (Phi) is 3.45. The van der Waals surface area contributed by atoms with Crippen molar-refractivity contribution in [2.24, 2.45) is 17.8 Å². The maximum absolute atomic E-state index is 13.2. The molecule has 1 unspecified atom stereocenters. The molecule has 2 saturated carbocycles. The van der Waals surface area contributed by atoms with Gasteiger partial charge in [-0.1, -0.05) is 49.2 Å². The zero-order chi connectivity index (χ0) is 14.9. The number of carbonyl (C=O) groups is 1. The lowest BCUT2D eigenvalue weighted by Crippen LogP contribution is -2.28. The fraction of sp³-hybridized carbons (Fsp3) is 0.350. The van der Waals surface area contributed by atoms with Crippen molar-refractivity contribution in [2.75, 3.05) is 4.90 Å². The molecule has 0 N–H and O–H groups in total. The van der Waals surface area contributed by atoms with Crippen LogP contribution in [0, 0.1) is 17.8 Å². The van der Waals surface area contributed by atoms with Gasteiger partial charge >= 0.3 is 0 Å². The van der Waals surface area contributed by atoms with Crippen molar-refractivity contribution >= 4 is 17.3 Å². The van der Waals surface area contributed by atoms with Gasteiger partial charge in [-0.25, -0.2) is 0 Å². The first kappa shape index (κ1) is 13.6. The standard InChI is InChI=1S/C20H21NO/c22-20(19-17-13-7-8-14-18(17)19)21(15-9-3-1-4-10-15)16-11-5-2-6-12-16/h1-6,9-12,17-19H,7-8,13-14H2/t17-,18+,19?. The Morgan fingerprint density at radius 1 is 0.773 bits per heavy atom. The van der Waals surface area contributed by atoms with Crippen LogP contribution in [0.3, 0.4) is 0 Å². The molecule has 2 heteroatoms. The van der Waals surface area contributed by atoms with Crippen LogP contribution in [-0.2, 0) is 4.79 Å². The summed E-state index contributed by atoms with van der Waals surface area (Å²) in [6.45, 7) is 0. The maximum Gasteiger partial charge on any atom is 0.235 e. The van der Waals surface area contributed by atoms with Gasteiger partial charge in [-0.3, -0.25) is 9.69 Å². The molecule has 0 heterocycles. The summed E-state index contributed by atoms with van der Waals surface area (Å²) < 4.78 is 0. The molecule has 2 fully saturated rings. The van der Waals surface area contributed by atoms with Crippen LogP contribution >= 0.6 is 0 Å². The van der Waals surface area contributed by atoms with Crippen molar-refractivity contribution in [3.8, 4) is 0 Å². The summed E-state index contributed by atoms with van der Waals surface area (Å²) in [6.07, 6.45) is 5.06. The van der Waals surface area contributed by atoms with E-state index < -0.39 is 0 Å². The lowest BCUT2D eigenvalue weighted by atomic mass is 10.0. The molecule has 4 rings (SSSR count). The van der Waals surface area contributed by atoms with Crippen molar-refractivity contribution in [3.63, 3.8) is 0 Å². The van der Waals surface area contributed by atoms with E-state index >= 15 is 0 Å². The monoisotopic (exact) mass is 291 g/mol. The fourth-order valence-corrected chi connectivity index (χ4v) is 4.07. The SMILES string of the molecule is O=C(C1[C@H]2CCCC[C@@H]12)N(c1ccccc1)c1ccccc1. The Hall–Kier alpha value is -2.09. The Bertz CT molecular complexity index is 600. The average Bonchev–Trinajstić information content (AvgIpc) is 3.31. The van der Waals surface area contributed by atoms with Crippen LogP contribution in [0.4, 0.5) is 11.4 Å². The number of amides is 1. The Labute approximate surface area is 131 Å². The molecule has 0 aromatic heterocycles. The summed E-state index contributed by atoms with van der Waals surface area (Å²) in [5.74, 6) is 1.80. The second-order valence-electron chi connectivity index (χ2n) is 6.48. The second kappa shape index (κ2) is 5.60. The topological polar surface area (TPSA) is 20.3 Å². The molecule has 0 saturated heterocycles. The summed E-state index contributed by atoms with van der Waals surface area (Å²) in [5.41, 5.74) is 1.95. The molecule has 22 heavy (non-hydrogen) atoms. The minimum Gasteiger partial charge on any atom is -0.281 e. The van der Waals surface area contributed by atoms with Gasteiger partial charge in [0, 0.05) is 17.3 Å². The van der Waals surface area contributed by atoms with Crippen LogP contribution in [0.2, 0.25) is 0 Å². The molecule has 2 aliphatic rings. The average molecular weight is 291 g/mol. The quantitative estimate of drug-likeness (QED) is 0.796. The number of fused-ring (bicyclic) bond motifs is 1. The normalized spacial score (nSPS) is 26.1. The highest BCUT2D eigenvalue weighted by atomic mass is 16.2. The van der Waals surface area contributed by atoms with E-state index in [-0.39, 0.29) is 11.8 Å². The zero-order valence-corrected chi connectivity index (χ0v) is 12.7. The molecular formula is C20H21NO. The number of carbonyl (C=O) groups excluding carboxylic acids is 1. The first-order valence-electron chi connectivity index (χ1n) is 8.30. The van der Waals surface area contributed by atoms with Crippen molar-refractivity contribution in [1.82, 2.24) is 0 Å². The first-order chi connectivity index (χ1) is 10.9. The molecule has 112 valence electrons. The summed E-state index contributed by atoms with van der Waals surface area (Å²) >= 11 is 0. The highest BCUT2D eigenvalue weighted by Crippen LogP contribution is 2.56. The molecule has 2 aromatic carbocycles. The van der Waals surface area contributed by atoms with Crippen LogP contribution < -0.4 is 4.90 Å². The molecule has 0 aliphatic heterocycles. The first-order valence-corrected chi connectivity index (χ1v) is 8.30. The van der Waals surface area contributed by atoms with Crippen LogP contribution in [0.1, 0.15) is 25.7 Å².